The van der Waals surface area contributed by atoms with Crippen LogP contribution < -0.4 is 0 Å². The number of rotatable bonds is 5. The molecule has 0 radical (unpaired) electrons. The molecule has 106 valence electrons. The fourth-order valence-corrected chi connectivity index (χ4v) is 3.41. The van der Waals surface area contributed by atoms with Gasteiger partial charge in [-0.2, -0.15) is 4.31 Å². The Labute approximate surface area is 111 Å². The number of nitrogens with zero attached hydrogens (tertiary/aromatic N) is 1. The minimum Gasteiger partial charge on any atom is -0.440 e. The fraction of sp³-hybridized carbons (Fsp3) is 0.545. The van der Waals surface area contributed by atoms with Crippen LogP contribution in [0.2, 0.25) is 0 Å². The Bertz CT molecular complexity index is 539. The number of carbonyl (C=O) groups excluding carboxylic acids is 1. The van der Waals surface area contributed by atoms with Crippen LogP contribution in [-0.2, 0) is 19.5 Å². The molecule has 2 heterocycles. The minimum absolute atomic E-state index is 0.0237. The van der Waals surface area contributed by atoms with Crippen LogP contribution in [0.1, 0.15) is 10.6 Å². The van der Waals surface area contributed by atoms with Crippen molar-refractivity contribution in [2.24, 2.45) is 0 Å². The molecule has 7 nitrogen and oxygen atoms in total. The van der Waals surface area contributed by atoms with E-state index < -0.39 is 10.0 Å². The molecule has 19 heavy (non-hydrogen) atoms. The predicted molar refractivity (Wildman–Crippen MR) is 64.4 cm³/mol. The zero-order valence-electron chi connectivity index (χ0n) is 10.6. The van der Waals surface area contributed by atoms with E-state index in [1.54, 1.807) is 0 Å². The Morgan fingerprint density at radius 2 is 1.84 bits per heavy atom. The van der Waals surface area contributed by atoms with E-state index in [1.807, 2.05) is 0 Å². The van der Waals surface area contributed by atoms with Gasteiger partial charge in [-0.25, -0.2) is 8.42 Å². The molecule has 0 aromatic carbocycles. The number of methoxy groups -OCH3 is 2. The van der Waals surface area contributed by atoms with Gasteiger partial charge in [0.2, 0.25) is 5.09 Å². The van der Waals surface area contributed by atoms with Crippen LogP contribution in [-0.4, -0.2) is 58.5 Å². The van der Waals surface area contributed by atoms with E-state index in [0.29, 0.717) is 6.29 Å². The first kappa shape index (κ1) is 14.2. The smallest absolute Gasteiger partial charge is 0.276 e. The molecule has 1 aliphatic rings. The lowest BCUT2D eigenvalue weighted by Crippen LogP contribution is -2.29. The van der Waals surface area contributed by atoms with Gasteiger partial charge < -0.3 is 13.9 Å². The summed E-state index contributed by atoms with van der Waals surface area (Å²) in [5.74, 6) is -0.0237. The van der Waals surface area contributed by atoms with E-state index in [9.17, 15) is 13.2 Å². The lowest BCUT2D eigenvalue weighted by Gasteiger charge is -2.13. The zero-order chi connectivity index (χ0) is 14.0. The van der Waals surface area contributed by atoms with E-state index in [4.69, 9.17) is 13.9 Å². The summed E-state index contributed by atoms with van der Waals surface area (Å²) in [6.45, 7) is 0.378. The maximum atomic E-state index is 12.3. The number of carbonyl (C=O) groups is 1. The number of furan rings is 1. The fourth-order valence-electron chi connectivity index (χ4n) is 2.02. The maximum Gasteiger partial charge on any atom is 0.276 e. The average molecular weight is 289 g/mol. The molecule has 1 fully saturated rings. The van der Waals surface area contributed by atoms with Crippen molar-refractivity contribution in [2.45, 2.75) is 17.3 Å². The van der Waals surface area contributed by atoms with E-state index >= 15 is 0 Å². The topological polar surface area (TPSA) is 86.0 Å². The first-order chi connectivity index (χ1) is 9.02. The second-order valence-corrected chi connectivity index (χ2v) is 6.01. The molecule has 2 rings (SSSR count). The summed E-state index contributed by atoms with van der Waals surface area (Å²) >= 11 is 0. The molecule has 1 aromatic rings. The monoisotopic (exact) mass is 289 g/mol. The van der Waals surface area contributed by atoms with Crippen molar-refractivity contribution in [3.63, 3.8) is 0 Å². The highest BCUT2D eigenvalue weighted by atomic mass is 32.2. The molecule has 0 amide bonds. The molecule has 8 heteroatoms. The molecule has 1 aliphatic heterocycles. The van der Waals surface area contributed by atoms with Gasteiger partial charge in [0.25, 0.3) is 10.0 Å². The lowest BCUT2D eigenvalue weighted by atomic mass is 10.3. The zero-order valence-corrected chi connectivity index (χ0v) is 11.4. The van der Waals surface area contributed by atoms with Crippen LogP contribution in [0.25, 0.3) is 0 Å². The molecule has 2 unspecified atom stereocenters. The van der Waals surface area contributed by atoms with E-state index in [-0.39, 0.29) is 36.1 Å². The molecule has 0 saturated carbocycles. The second kappa shape index (κ2) is 5.41. The Kier molecular flexibility index (Phi) is 4.04. The summed E-state index contributed by atoms with van der Waals surface area (Å²) in [6, 6.07) is 2.58. The highest BCUT2D eigenvalue weighted by Crippen LogP contribution is 2.24. The molecule has 2 atom stereocenters. The van der Waals surface area contributed by atoms with Gasteiger partial charge in [0.1, 0.15) is 0 Å². The number of hydrogen-bond donors (Lipinski definition) is 0. The van der Waals surface area contributed by atoms with E-state index in [1.165, 1.54) is 30.7 Å². The van der Waals surface area contributed by atoms with Gasteiger partial charge in [-0.05, 0) is 12.1 Å². The summed E-state index contributed by atoms with van der Waals surface area (Å²) in [7, 11) is -0.758. The Hall–Kier alpha value is -1.22. The van der Waals surface area contributed by atoms with Crippen molar-refractivity contribution < 1.29 is 27.1 Å². The number of ether oxygens (including phenoxy) is 2. The number of aldehydes is 1. The van der Waals surface area contributed by atoms with Gasteiger partial charge >= 0.3 is 0 Å². The highest BCUT2D eigenvalue weighted by Gasteiger charge is 2.41. The molecular weight excluding hydrogens is 274 g/mol. The molecule has 1 saturated heterocycles. The minimum atomic E-state index is -3.77. The van der Waals surface area contributed by atoms with Gasteiger partial charge in [-0.15, -0.1) is 0 Å². The number of hydrogen-bond acceptors (Lipinski definition) is 6. The molecule has 1 aromatic heterocycles. The third-order valence-electron chi connectivity index (χ3n) is 3.10. The lowest BCUT2D eigenvalue weighted by molar-refractivity contribution is -0.00461. The van der Waals surface area contributed by atoms with E-state index in [2.05, 4.69) is 0 Å². The van der Waals surface area contributed by atoms with Crippen LogP contribution >= 0.6 is 0 Å². The van der Waals surface area contributed by atoms with Crippen molar-refractivity contribution in [3.8, 4) is 0 Å². The van der Waals surface area contributed by atoms with Gasteiger partial charge in [0.15, 0.2) is 12.0 Å². The van der Waals surface area contributed by atoms with Crippen LogP contribution in [0.5, 0.6) is 0 Å². The Balaban J connectivity index is 2.23. The molecule has 0 N–H and O–H groups in total. The summed E-state index contributed by atoms with van der Waals surface area (Å²) < 4.78 is 41.1. The van der Waals surface area contributed by atoms with Crippen molar-refractivity contribution in [2.75, 3.05) is 27.3 Å². The van der Waals surface area contributed by atoms with Gasteiger partial charge in [-0.3, -0.25) is 4.79 Å². The summed E-state index contributed by atoms with van der Waals surface area (Å²) in [5, 5.41) is -0.249. The quantitative estimate of drug-likeness (QED) is 0.716. The predicted octanol–water partition coefficient (Wildman–Crippen LogP) is 0.126. The van der Waals surface area contributed by atoms with Crippen LogP contribution in [0.4, 0.5) is 0 Å². The molecule has 0 spiro atoms. The third-order valence-corrected chi connectivity index (χ3v) is 4.81. The summed E-state index contributed by atoms with van der Waals surface area (Å²) in [4.78, 5) is 10.5. The normalized spacial score (nSPS) is 24.7. The van der Waals surface area contributed by atoms with E-state index in [0.717, 1.165) is 0 Å². The maximum absolute atomic E-state index is 12.3. The van der Waals surface area contributed by atoms with Crippen molar-refractivity contribution >= 4 is 16.3 Å². The SMILES string of the molecule is COC1CN(S(=O)(=O)c2ccc(C=O)o2)CC1OC. The Morgan fingerprint density at radius 3 is 2.26 bits per heavy atom. The van der Waals surface area contributed by atoms with Crippen LogP contribution in [0.3, 0.4) is 0 Å². The Morgan fingerprint density at radius 1 is 1.26 bits per heavy atom. The average Bonchev–Trinajstić information content (AvgIpc) is 3.05. The molecule has 0 aliphatic carbocycles. The number of sulfonamides is 1. The van der Waals surface area contributed by atoms with Crippen molar-refractivity contribution in [1.82, 2.24) is 4.31 Å². The second-order valence-electron chi connectivity index (χ2n) is 4.14. The van der Waals surface area contributed by atoms with Crippen LogP contribution in [0.15, 0.2) is 21.6 Å². The van der Waals surface area contributed by atoms with Crippen LogP contribution in [0, 0.1) is 0 Å². The van der Waals surface area contributed by atoms with Gasteiger partial charge in [0.05, 0.1) is 12.2 Å². The summed E-state index contributed by atoms with van der Waals surface area (Å²) in [6.07, 6.45) is -0.181. The van der Waals surface area contributed by atoms with Crippen molar-refractivity contribution in [3.05, 3.63) is 17.9 Å². The standard InChI is InChI=1S/C11H15NO6S/c1-16-9-5-12(6-10(9)17-2)19(14,15)11-4-3-8(7-13)18-11/h3-4,7,9-10H,5-6H2,1-2H3. The largest absolute Gasteiger partial charge is 0.440 e. The summed E-state index contributed by atoms with van der Waals surface area (Å²) in [5.41, 5.74) is 0. The third kappa shape index (κ3) is 2.57. The van der Waals surface area contributed by atoms with Gasteiger partial charge in [0, 0.05) is 27.3 Å². The van der Waals surface area contributed by atoms with Crippen molar-refractivity contribution in [1.29, 1.82) is 0 Å². The highest BCUT2D eigenvalue weighted by molar-refractivity contribution is 7.89. The van der Waals surface area contributed by atoms with Gasteiger partial charge in [-0.1, -0.05) is 0 Å². The first-order valence-electron chi connectivity index (χ1n) is 5.63. The first-order valence-corrected chi connectivity index (χ1v) is 7.07. The molecule has 0 bridgehead atoms. The molecular formula is C11H15NO6S.